The van der Waals surface area contributed by atoms with E-state index in [-0.39, 0.29) is 17.8 Å². The fourth-order valence-corrected chi connectivity index (χ4v) is 5.13. The average molecular weight is 483 g/mol. The van der Waals surface area contributed by atoms with Gasteiger partial charge in [0.2, 0.25) is 5.91 Å². The monoisotopic (exact) mass is 481 g/mol. The van der Waals surface area contributed by atoms with Gasteiger partial charge in [-0.1, -0.05) is 0 Å². The smallest absolute Gasteiger partial charge is 0.237 e. The van der Waals surface area contributed by atoms with Gasteiger partial charge in [0.15, 0.2) is 0 Å². The molecule has 0 aliphatic carbocycles. The first-order chi connectivity index (χ1) is 13.6. The highest BCUT2D eigenvalue weighted by Gasteiger charge is 2.31. The summed E-state index contributed by atoms with van der Waals surface area (Å²) in [5.41, 5.74) is 1.51. The number of carbonyl (C=O) groups excluding carboxylic acids is 1. The number of piperazine rings is 1. The topological polar surface area (TPSA) is 72.3 Å². The van der Waals surface area contributed by atoms with E-state index in [4.69, 9.17) is 11.6 Å². The lowest BCUT2D eigenvalue weighted by atomic mass is 10.0. The maximum Gasteiger partial charge on any atom is 0.237 e. The Hall–Kier alpha value is -1.66. The zero-order valence-corrected chi connectivity index (χ0v) is 18.6. The number of hydrogen-bond acceptors (Lipinski definition) is 6. The molecule has 0 saturated carbocycles. The van der Waals surface area contributed by atoms with Gasteiger partial charge in [0.1, 0.15) is 17.8 Å². The van der Waals surface area contributed by atoms with Gasteiger partial charge in [-0.25, -0.2) is 4.98 Å². The van der Waals surface area contributed by atoms with Crippen LogP contribution in [0.5, 0.6) is 0 Å². The third-order valence-corrected chi connectivity index (χ3v) is 6.60. The molecule has 148 valence electrons. The van der Waals surface area contributed by atoms with Crippen LogP contribution in [-0.2, 0) is 4.79 Å². The lowest BCUT2D eigenvalue weighted by molar-refractivity contribution is -0.130. The Kier molecular flexibility index (Phi) is 7.30. The maximum absolute atomic E-state index is 11.9. The second kappa shape index (κ2) is 9.70. The molecule has 0 bridgehead atoms. The summed E-state index contributed by atoms with van der Waals surface area (Å²) in [4.78, 5) is 21.7. The van der Waals surface area contributed by atoms with E-state index in [1.54, 1.807) is 22.4 Å². The molecule has 1 aliphatic rings. The first kappa shape index (κ1) is 21.1. The van der Waals surface area contributed by atoms with E-state index in [2.05, 4.69) is 43.3 Å². The Bertz CT molecular complexity index is 875. The summed E-state index contributed by atoms with van der Waals surface area (Å²) < 4.78 is 1.05. The molecule has 2 aromatic rings. The highest BCUT2D eigenvalue weighted by molar-refractivity contribution is 9.11. The molecule has 2 aromatic heterocycles. The van der Waals surface area contributed by atoms with Crippen molar-refractivity contribution in [2.45, 2.75) is 13.0 Å². The van der Waals surface area contributed by atoms with Crippen molar-refractivity contribution < 1.29 is 4.79 Å². The molecule has 9 heteroatoms. The number of anilines is 1. The van der Waals surface area contributed by atoms with Crippen LogP contribution in [0.25, 0.3) is 0 Å². The van der Waals surface area contributed by atoms with E-state index in [0.717, 1.165) is 34.8 Å². The predicted molar refractivity (Wildman–Crippen MR) is 116 cm³/mol. The van der Waals surface area contributed by atoms with Crippen molar-refractivity contribution in [1.82, 2.24) is 14.8 Å². The molecule has 1 saturated heterocycles. The summed E-state index contributed by atoms with van der Waals surface area (Å²) in [6.07, 6.45) is 1.60. The molecular weight excluding hydrogens is 462 g/mol. The van der Waals surface area contributed by atoms with Crippen LogP contribution in [-0.4, -0.2) is 59.3 Å². The van der Waals surface area contributed by atoms with E-state index in [9.17, 15) is 10.1 Å². The number of carbonyl (C=O) groups is 1. The van der Waals surface area contributed by atoms with E-state index >= 15 is 0 Å². The largest absolute Gasteiger partial charge is 0.370 e. The molecule has 6 nitrogen and oxygen atoms in total. The van der Waals surface area contributed by atoms with Crippen LogP contribution in [0, 0.1) is 11.3 Å². The second-order valence-corrected chi connectivity index (χ2v) is 9.16. The van der Waals surface area contributed by atoms with Gasteiger partial charge in [-0.05, 0) is 41.1 Å². The van der Waals surface area contributed by atoms with Crippen molar-refractivity contribution in [3.8, 4) is 6.07 Å². The summed E-state index contributed by atoms with van der Waals surface area (Å²) in [6.45, 7) is 5.49. The van der Waals surface area contributed by atoms with Gasteiger partial charge in [-0.15, -0.1) is 22.9 Å². The van der Waals surface area contributed by atoms with Crippen molar-refractivity contribution in [2.75, 3.05) is 43.9 Å². The number of nitriles is 1. The van der Waals surface area contributed by atoms with E-state index < -0.39 is 0 Å². The van der Waals surface area contributed by atoms with Crippen LogP contribution in [0.4, 0.5) is 5.82 Å². The third-order valence-electron chi connectivity index (χ3n) is 4.70. The number of hydrogen-bond donors (Lipinski definition) is 1. The minimum absolute atomic E-state index is 0.0139. The Morgan fingerprint density at radius 2 is 2.18 bits per heavy atom. The van der Waals surface area contributed by atoms with Gasteiger partial charge in [-0.3, -0.25) is 9.69 Å². The van der Waals surface area contributed by atoms with Crippen LogP contribution in [0.2, 0.25) is 0 Å². The Labute approximate surface area is 182 Å². The van der Waals surface area contributed by atoms with Gasteiger partial charge in [0, 0.05) is 49.4 Å². The first-order valence-electron chi connectivity index (χ1n) is 9.04. The Morgan fingerprint density at radius 3 is 2.75 bits per heavy atom. The number of amides is 1. The van der Waals surface area contributed by atoms with Crippen molar-refractivity contribution in [2.24, 2.45) is 0 Å². The predicted octanol–water partition coefficient (Wildman–Crippen LogP) is 3.68. The highest BCUT2D eigenvalue weighted by atomic mass is 79.9. The molecule has 1 unspecified atom stereocenters. The SMILES string of the molecule is CCNc1ncc(C#N)cc1C(c1ccc(Br)s1)N1CCN(C(=O)CCl)CC1. The summed E-state index contributed by atoms with van der Waals surface area (Å²) in [5.74, 6) is 0.772. The fourth-order valence-electron chi connectivity index (χ4n) is 3.39. The molecule has 0 aromatic carbocycles. The van der Waals surface area contributed by atoms with E-state index in [1.807, 2.05) is 19.1 Å². The number of thiophene rings is 1. The maximum atomic E-state index is 11.9. The summed E-state index contributed by atoms with van der Waals surface area (Å²) in [7, 11) is 0. The molecule has 3 heterocycles. The molecule has 28 heavy (non-hydrogen) atoms. The van der Waals surface area contributed by atoms with Crippen LogP contribution in [0.3, 0.4) is 0 Å². The van der Waals surface area contributed by atoms with Crippen molar-refractivity contribution in [3.05, 3.63) is 44.2 Å². The van der Waals surface area contributed by atoms with Gasteiger partial charge < -0.3 is 10.2 Å². The number of alkyl halides is 1. The van der Waals surface area contributed by atoms with Crippen LogP contribution >= 0.6 is 38.9 Å². The normalized spacial score (nSPS) is 15.9. The van der Waals surface area contributed by atoms with Crippen molar-refractivity contribution in [1.29, 1.82) is 5.26 Å². The third kappa shape index (κ3) is 4.66. The molecule has 0 radical (unpaired) electrons. The van der Waals surface area contributed by atoms with Crippen LogP contribution in [0.1, 0.15) is 29.0 Å². The molecule has 1 amide bonds. The quantitative estimate of drug-likeness (QED) is 0.636. The zero-order chi connectivity index (χ0) is 20.1. The molecule has 0 spiro atoms. The molecular formula is C19H21BrClN5OS. The number of halogens is 2. The molecule has 1 fully saturated rings. The lowest BCUT2D eigenvalue weighted by Gasteiger charge is -2.39. The highest BCUT2D eigenvalue weighted by Crippen LogP contribution is 2.38. The van der Waals surface area contributed by atoms with Gasteiger partial charge in [0.05, 0.1) is 15.4 Å². The minimum atomic E-state index is -0.0422. The zero-order valence-electron chi connectivity index (χ0n) is 15.5. The van der Waals surface area contributed by atoms with Gasteiger partial charge >= 0.3 is 0 Å². The molecule has 3 rings (SSSR count). The number of aromatic nitrogens is 1. The number of nitrogens with zero attached hydrogens (tertiary/aromatic N) is 4. The second-order valence-electron chi connectivity index (χ2n) is 6.40. The van der Waals surface area contributed by atoms with Gasteiger partial charge in [0.25, 0.3) is 0 Å². The van der Waals surface area contributed by atoms with Crippen LogP contribution in [0.15, 0.2) is 28.2 Å². The van der Waals surface area contributed by atoms with E-state index in [0.29, 0.717) is 18.7 Å². The Balaban J connectivity index is 1.98. The number of pyridine rings is 1. The Morgan fingerprint density at radius 1 is 1.43 bits per heavy atom. The standard InChI is InChI=1S/C19H21BrClN5OS/c1-2-23-19-14(9-13(11-22)12-24-19)18(15-3-4-16(20)28-15)26-7-5-25(6-8-26)17(27)10-21/h3-4,9,12,18H,2,5-8,10H2,1H3,(H,23,24). The molecule has 1 atom stereocenters. The van der Waals surface area contributed by atoms with E-state index in [1.165, 1.54) is 4.88 Å². The number of rotatable bonds is 6. The first-order valence-corrected chi connectivity index (χ1v) is 11.2. The van der Waals surface area contributed by atoms with Crippen LogP contribution < -0.4 is 5.32 Å². The minimum Gasteiger partial charge on any atom is -0.370 e. The molecule has 1 N–H and O–H groups in total. The van der Waals surface area contributed by atoms with Gasteiger partial charge in [-0.2, -0.15) is 5.26 Å². The fraction of sp³-hybridized carbons (Fsp3) is 0.421. The van der Waals surface area contributed by atoms with Crippen molar-refractivity contribution in [3.63, 3.8) is 0 Å². The summed E-state index contributed by atoms with van der Waals surface area (Å²) in [6, 6.07) is 8.21. The summed E-state index contributed by atoms with van der Waals surface area (Å²) >= 11 is 10.9. The lowest BCUT2D eigenvalue weighted by Crippen LogP contribution is -2.50. The number of nitrogens with one attached hydrogen (secondary N) is 1. The van der Waals surface area contributed by atoms with Crippen molar-refractivity contribution >= 4 is 50.6 Å². The average Bonchev–Trinajstić information content (AvgIpc) is 3.15. The summed E-state index contributed by atoms with van der Waals surface area (Å²) in [5, 5.41) is 12.7. The molecule has 1 aliphatic heterocycles.